The molecular formula is C28H26N2O2S. The largest absolute Gasteiger partial charge is 0.489 e. The standard InChI is InChI=1S/C28H26N2O2S/c1-21-7-2-3-9-25(21)19-33-20-28(31)30-29-17-22-13-15-26(16-14-22)32-18-24-11-6-10-23-8-4-5-12-27(23)24/h2-17H,18-20H2,1H3,(H,30,31)/b29-17+. The minimum atomic E-state index is -0.111. The van der Waals surface area contributed by atoms with Crippen LogP contribution in [0.15, 0.2) is 96.1 Å². The highest BCUT2D eigenvalue weighted by Crippen LogP contribution is 2.21. The fourth-order valence-electron chi connectivity index (χ4n) is 3.47. The lowest BCUT2D eigenvalue weighted by molar-refractivity contribution is -0.118. The van der Waals surface area contributed by atoms with E-state index in [9.17, 15) is 4.79 Å². The third-order valence-electron chi connectivity index (χ3n) is 5.31. The van der Waals surface area contributed by atoms with Crippen molar-refractivity contribution in [2.45, 2.75) is 19.3 Å². The first-order valence-corrected chi connectivity index (χ1v) is 12.0. The molecule has 166 valence electrons. The van der Waals surface area contributed by atoms with Gasteiger partial charge in [0, 0.05) is 5.75 Å². The molecule has 5 heteroatoms. The minimum Gasteiger partial charge on any atom is -0.489 e. The van der Waals surface area contributed by atoms with Gasteiger partial charge in [-0.15, -0.1) is 11.8 Å². The Bertz CT molecular complexity index is 1250. The van der Waals surface area contributed by atoms with E-state index in [-0.39, 0.29) is 5.91 Å². The van der Waals surface area contributed by atoms with Crippen molar-refractivity contribution in [2.75, 3.05) is 5.75 Å². The van der Waals surface area contributed by atoms with Crippen LogP contribution in [0.3, 0.4) is 0 Å². The Morgan fingerprint density at radius 3 is 2.48 bits per heavy atom. The molecule has 0 heterocycles. The van der Waals surface area contributed by atoms with Gasteiger partial charge >= 0.3 is 0 Å². The first-order chi connectivity index (χ1) is 16.2. The molecule has 0 aliphatic heterocycles. The SMILES string of the molecule is Cc1ccccc1CSCC(=O)N/N=C/c1ccc(OCc2cccc3ccccc23)cc1. The van der Waals surface area contributed by atoms with Gasteiger partial charge in [-0.3, -0.25) is 4.79 Å². The Hall–Kier alpha value is -3.57. The molecule has 0 atom stereocenters. The van der Waals surface area contributed by atoms with Crippen LogP contribution < -0.4 is 10.2 Å². The molecule has 0 aromatic heterocycles. The summed E-state index contributed by atoms with van der Waals surface area (Å²) in [6.45, 7) is 2.59. The Balaban J connectivity index is 1.22. The van der Waals surface area contributed by atoms with Crippen molar-refractivity contribution in [1.29, 1.82) is 0 Å². The van der Waals surface area contributed by atoms with Crippen LogP contribution in [0.2, 0.25) is 0 Å². The minimum absolute atomic E-state index is 0.111. The maximum atomic E-state index is 12.0. The molecule has 0 radical (unpaired) electrons. The molecule has 0 saturated carbocycles. The smallest absolute Gasteiger partial charge is 0.250 e. The van der Waals surface area contributed by atoms with Crippen molar-refractivity contribution in [3.8, 4) is 5.75 Å². The van der Waals surface area contributed by atoms with Crippen molar-refractivity contribution >= 4 is 34.7 Å². The maximum absolute atomic E-state index is 12.0. The van der Waals surface area contributed by atoms with Crippen molar-refractivity contribution in [1.82, 2.24) is 5.43 Å². The van der Waals surface area contributed by atoms with Crippen molar-refractivity contribution < 1.29 is 9.53 Å². The van der Waals surface area contributed by atoms with E-state index >= 15 is 0 Å². The third kappa shape index (κ3) is 6.46. The van der Waals surface area contributed by atoms with Gasteiger partial charge in [0.2, 0.25) is 5.91 Å². The van der Waals surface area contributed by atoms with E-state index in [4.69, 9.17) is 4.74 Å². The average Bonchev–Trinajstić information content (AvgIpc) is 2.85. The zero-order valence-electron chi connectivity index (χ0n) is 18.5. The molecule has 0 fully saturated rings. The summed E-state index contributed by atoms with van der Waals surface area (Å²) in [6.07, 6.45) is 1.64. The Morgan fingerprint density at radius 1 is 0.909 bits per heavy atom. The van der Waals surface area contributed by atoms with Gasteiger partial charge in [0.05, 0.1) is 12.0 Å². The average molecular weight is 455 g/mol. The molecule has 4 rings (SSSR count). The molecule has 0 aliphatic rings. The number of nitrogens with one attached hydrogen (secondary N) is 1. The molecule has 4 nitrogen and oxygen atoms in total. The highest BCUT2D eigenvalue weighted by Gasteiger charge is 2.03. The number of amides is 1. The van der Waals surface area contributed by atoms with Gasteiger partial charge in [0.1, 0.15) is 12.4 Å². The van der Waals surface area contributed by atoms with E-state index < -0.39 is 0 Å². The fourth-order valence-corrected chi connectivity index (χ4v) is 4.36. The molecule has 1 amide bonds. The molecule has 0 unspecified atom stereocenters. The van der Waals surface area contributed by atoms with Crippen LogP contribution in [0, 0.1) is 6.92 Å². The van der Waals surface area contributed by atoms with Crippen LogP contribution in [-0.2, 0) is 17.2 Å². The van der Waals surface area contributed by atoms with Gasteiger partial charge in [0.25, 0.3) is 0 Å². The Labute approximate surface area is 198 Å². The highest BCUT2D eigenvalue weighted by molar-refractivity contribution is 7.99. The molecule has 33 heavy (non-hydrogen) atoms. The number of hydrogen-bond donors (Lipinski definition) is 1. The number of hydrazone groups is 1. The molecular weight excluding hydrogens is 428 g/mol. The first-order valence-electron chi connectivity index (χ1n) is 10.8. The van der Waals surface area contributed by atoms with Gasteiger partial charge in [-0.1, -0.05) is 66.7 Å². The second kappa shape index (κ2) is 11.3. The number of fused-ring (bicyclic) bond motifs is 1. The van der Waals surface area contributed by atoms with Crippen molar-refractivity contribution in [3.05, 3.63) is 113 Å². The molecule has 0 saturated heterocycles. The monoisotopic (exact) mass is 454 g/mol. The summed E-state index contributed by atoms with van der Waals surface area (Å²) in [5.41, 5.74) is 7.13. The summed E-state index contributed by atoms with van der Waals surface area (Å²) in [4.78, 5) is 12.0. The Kier molecular flexibility index (Phi) is 7.77. The lowest BCUT2D eigenvalue weighted by atomic mass is 10.1. The summed E-state index contributed by atoms with van der Waals surface area (Å²) in [5, 5.41) is 6.48. The van der Waals surface area contributed by atoms with Crippen LogP contribution >= 0.6 is 11.8 Å². The van der Waals surface area contributed by atoms with Gasteiger partial charge in [-0.25, -0.2) is 5.43 Å². The predicted molar refractivity (Wildman–Crippen MR) is 138 cm³/mol. The predicted octanol–water partition coefficient (Wildman–Crippen LogP) is 6.11. The summed E-state index contributed by atoms with van der Waals surface area (Å²) in [6, 6.07) is 30.4. The van der Waals surface area contributed by atoms with E-state index in [1.807, 2.05) is 48.5 Å². The van der Waals surface area contributed by atoms with Gasteiger partial charge in [0.15, 0.2) is 0 Å². The summed E-state index contributed by atoms with van der Waals surface area (Å²) >= 11 is 1.58. The lowest BCUT2D eigenvalue weighted by Crippen LogP contribution is -2.19. The summed E-state index contributed by atoms with van der Waals surface area (Å²) in [5.74, 6) is 1.85. The van der Waals surface area contributed by atoms with Crippen LogP contribution in [0.4, 0.5) is 0 Å². The summed E-state index contributed by atoms with van der Waals surface area (Å²) in [7, 11) is 0. The molecule has 4 aromatic carbocycles. The molecule has 0 aliphatic carbocycles. The van der Waals surface area contributed by atoms with Gasteiger partial charge in [-0.2, -0.15) is 5.10 Å². The van der Waals surface area contributed by atoms with Gasteiger partial charge < -0.3 is 4.74 Å². The Morgan fingerprint density at radius 2 is 1.64 bits per heavy atom. The number of rotatable bonds is 9. The van der Waals surface area contributed by atoms with Crippen LogP contribution in [0.1, 0.15) is 22.3 Å². The normalized spacial score (nSPS) is 11.1. The van der Waals surface area contributed by atoms with E-state index in [0.29, 0.717) is 12.4 Å². The van der Waals surface area contributed by atoms with E-state index in [1.54, 1.807) is 18.0 Å². The highest BCUT2D eigenvalue weighted by atomic mass is 32.2. The zero-order chi connectivity index (χ0) is 22.9. The molecule has 1 N–H and O–H groups in total. The first kappa shape index (κ1) is 22.6. The molecule has 0 bridgehead atoms. The number of ether oxygens (including phenoxy) is 1. The quantitative estimate of drug-likeness (QED) is 0.245. The van der Waals surface area contributed by atoms with Gasteiger partial charge in [-0.05, 0) is 64.2 Å². The second-order valence-electron chi connectivity index (χ2n) is 7.71. The zero-order valence-corrected chi connectivity index (χ0v) is 19.3. The van der Waals surface area contributed by atoms with E-state index in [2.05, 4.69) is 59.9 Å². The van der Waals surface area contributed by atoms with Crippen molar-refractivity contribution in [2.24, 2.45) is 5.10 Å². The number of thioether (sulfide) groups is 1. The lowest BCUT2D eigenvalue weighted by Gasteiger charge is -2.09. The number of carbonyl (C=O) groups excluding carboxylic acids is 1. The van der Waals surface area contributed by atoms with Crippen LogP contribution in [0.5, 0.6) is 5.75 Å². The molecule has 4 aromatic rings. The van der Waals surface area contributed by atoms with Crippen LogP contribution in [-0.4, -0.2) is 17.9 Å². The molecule has 0 spiro atoms. The number of benzene rings is 4. The summed E-state index contributed by atoms with van der Waals surface area (Å²) < 4.78 is 5.97. The van der Waals surface area contributed by atoms with E-state index in [1.165, 1.54) is 21.9 Å². The van der Waals surface area contributed by atoms with Crippen molar-refractivity contribution in [3.63, 3.8) is 0 Å². The van der Waals surface area contributed by atoms with Crippen LogP contribution in [0.25, 0.3) is 10.8 Å². The third-order valence-corrected chi connectivity index (χ3v) is 6.29. The van der Waals surface area contributed by atoms with E-state index in [0.717, 1.165) is 22.6 Å². The fraction of sp³-hybridized carbons (Fsp3) is 0.143. The number of nitrogens with zero attached hydrogens (tertiary/aromatic N) is 1. The second-order valence-corrected chi connectivity index (χ2v) is 8.69. The topological polar surface area (TPSA) is 50.7 Å². The number of aryl methyl sites for hydroxylation is 1. The maximum Gasteiger partial charge on any atom is 0.250 e. The number of carbonyl (C=O) groups is 1. The number of hydrogen-bond acceptors (Lipinski definition) is 4.